The first-order valence-electron chi connectivity index (χ1n) is 4.52. The fourth-order valence-corrected chi connectivity index (χ4v) is 1.87. The van der Waals surface area contributed by atoms with Gasteiger partial charge in [0.25, 0.3) is 0 Å². The predicted molar refractivity (Wildman–Crippen MR) is 53.1 cm³/mol. The van der Waals surface area contributed by atoms with Crippen molar-refractivity contribution in [2.45, 2.75) is 38.1 Å². The molecule has 1 radical (unpaired) electrons. The van der Waals surface area contributed by atoms with Crippen molar-refractivity contribution in [1.82, 2.24) is 5.32 Å². The predicted octanol–water partition coefficient (Wildman–Crippen LogP) is 2.03. The molecule has 1 fully saturated rings. The second-order valence-corrected chi connectivity index (χ2v) is 3.85. The van der Waals surface area contributed by atoms with Crippen molar-refractivity contribution in [3.63, 3.8) is 0 Å². The molecule has 12 heavy (non-hydrogen) atoms. The highest BCUT2D eigenvalue weighted by molar-refractivity contribution is 9.09. The van der Waals surface area contributed by atoms with E-state index in [4.69, 9.17) is 0 Å². The Labute approximate surface area is 82.2 Å². The van der Waals surface area contributed by atoms with Gasteiger partial charge in [-0.2, -0.15) is 0 Å². The Morgan fingerprint density at radius 2 is 2.08 bits per heavy atom. The summed E-state index contributed by atoms with van der Waals surface area (Å²) in [6.07, 6.45) is 7.80. The van der Waals surface area contributed by atoms with E-state index in [0.717, 1.165) is 12.8 Å². The minimum absolute atomic E-state index is 0.0683. The van der Waals surface area contributed by atoms with E-state index in [1.54, 1.807) is 6.42 Å². The highest BCUT2D eigenvalue weighted by atomic mass is 79.9. The molecule has 0 bridgehead atoms. The molecule has 0 heterocycles. The molecule has 0 atom stereocenters. The number of hydrogen-bond donors (Lipinski definition) is 1. The molecule has 0 unspecified atom stereocenters. The maximum atomic E-state index is 11.1. The van der Waals surface area contributed by atoms with Gasteiger partial charge < -0.3 is 5.32 Å². The Morgan fingerprint density at radius 3 is 2.67 bits per heavy atom. The van der Waals surface area contributed by atoms with Crippen LogP contribution in [0.25, 0.3) is 0 Å². The highest BCUT2D eigenvalue weighted by Crippen LogP contribution is 2.17. The molecule has 69 valence electrons. The van der Waals surface area contributed by atoms with Gasteiger partial charge in [0.15, 0.2) is 0 Å². The maximum Gasteiger partial charge on any atom is 0.225 e. The molecule has 1 rings (SSSR count). The topological polar surface area (TPSA) is 29.1 Å². The van der Waals surface area contributed by atoms with Crippen LogP contribution in [-0.2, 0) is 4.79 Å². The Bertz CT molecular complexity index is 143. The van der Waals surface area contributed by atoms with Crippen molar-refractivity contribution in [3.8, 4) is 0 Å². The average molecular weight is 233 g/mol. The van der Waals surface area contributed by atoms with Gasteiger partial charge in [-0.15, -0.1) is 0 Å². The lowest BCUT2D eigenvalue weighted by atomic mass is 9.95. The molecular weight excluding hydrogens is 218 g/mol. The van der Waals surface area contributed by atoms with Crippen LogP contribution in [0.5, 0.6) is 0 Å². The van der Waals surface area contributed by atoms with Gasteiger partial charge in [0, 0.05) is 11.4 Å². The van der Waals surface area contributed by atoms with Crippen molar-refractivity contribution in [1.29, 1.82) is 0 Å². The summed E-state index contributed by atoms with van der Waals surface area (Å²) in [5.74, 6) is 0.0683. The lowest BCUT2D eigenvalue weighted by molar-refractivity contribution is -0.118. The van der Waals surface area contributed by atoms with E-state index in [1.807, 2.05) is 0 Å². The molecule has 0 aliphatic heterocycles. The minimum atomic E-state index is 0.0683. The standard InChI is InChI=1S/C9H15BrNO/c10-7-6-9(12)11-8-4-2-1-3-5-8/h6,8H,1-5,7H2,(H,11,12). The lowest BCUT2D eigenvalue weighted by Gasteiger charge is -2.22. The summed E-state index contributed by atoms with van der Waals surface area (Å²) in [6, 6.07) is 0.432. The van der Waals surface area contributed by atoms with Gasteiger partial charge >= 0.3 is 0 Å². The van der Waals surface area contributed by atoms with Gasteiger partial charge in [0.05, 0.1) is 6.42 Å². The first-order chi connectivity index (χ1) is 5.83. The van der Waals surface area contributed by atoms with Crippen molar-refractivity contribution in [3.05, 3.63) is 6.42 Å². The van der Waals surface area contributed by atoms with Gasteiger partial charge in [-0.3, -0.25) is 4.79 Å². The molecule has 0 aromatic rings. The van der Waals surface area contributed by atoms with E-state index in [2.05, 4.69) is 21.2 Å². The van der Waals surface area contributed by atoms with E-state index in [0.29, 0.717) is 11.4 Å². The van der Waals surface area contributed by atoms with Crippen molar-refractivity contribution in [2.75, 3.05) is 5.33 Å². The fourth-order valence-electron chi connectivity index (χ4n) is 1.58. The van der Waals surface area contributed by atoms with Crippen LogP contribution < -0.4 is 5.32 Å². The van der Waals surface area contributed by atoms with E-state index in [9.17, 15) is 4.79 Å². The van der Waals surface area contributed by atoms with Crippen LogP contribution in [-0.4, -0.2) is 17.3 Å². The Kier molecular flexibility index (Phi) is 4.66. The summed E-state index contributed by atoms with van der Waals surface area (Å²) in [5, 5.41) is 3.64. The summed E-state index contributed by atoms with van der Waals surface area (Å²) in [5.41, 5.74) is 0. The molecule has 1 aliphatic carbocycles. The summed E-state index contributed by atoms with van der Waals surface area (Å²) < 4.78 is 0. The maximum absolute atomic E-state index is 11.1. The number of nitrogens with one attached hydrogen (secondary N) is 1. The minimum Gasteiger partial charge on any atom is -0.353 e. The molecule has 0 aromatic carbocycles. The number of halogens is 1. The Hall–Kier alpha value is -0.0500. The van der Waals surface area contributed by atoms with E-state index < -0.39 is 0 Å². The Morgan fingerprint density at radius 1 is 1.42 bits per heavy atom. The highest BCUT2D eigenvalue weighted by Gasteiger charge is 2.14. The summed E-state index contributed by atoms with van der Waals surface area (Å²) in [4.78, 5) is 11.1. The molecule has 1 N–H and O–H groups in total. The zero-order valence-electron chi connectivity index (χ0n) is 7.18. The number of carbonyl (C=O) groups excluding carboxylic acids is 1. The third-order valence-electron chi connectivity index (χ3n) is 2.21. The fraction of sp³-hybridized carbons (Fsp3) is 0.778. The second-order valence-electron chi connectivity index (χ2n) is 3.20. The van der Waals surface area contributed by atoms with Gasteiger partial charge in [0.2, 0.25) is 5.91 Å². The smallest absolute Gasteiger partial charge is 0.225 e. The van der Waals surface area contributed by atoms with Gasteiger partial charge in [-0.25, -0.2) is 0 Å². The van der Waals surface area contributed by atoms with Crippen LogP contribution >= 0.6 is 15.9 Å². The van der Waals surface area contributed by atoms with E-state index >= 15 is 0 Å². The van der Waals surface area contributed by atoms with Crippen LogP contribution in [0.4, 0.5) is 0 Å². The number of carbonyl (C=O) groups is 1. The number of alkyl halides is 1. The van der Waals surface area contributed by atoms with Crippen LogP contribution in [0.15, 0.2) is 0 Å². The first-order valence-corrected chi connectivity index (χ1v) is 5.64. The van der Waals surface area contributed by atoms with Crippen LogP contribution in [0, 0.1) is 6.42 Å². The molecule has 0 aromatic heterocycles. The van der Waals surface area contributed by atoms with Crippen LogP contribution in [0.2, 0.25) is 0 Å². The first kappa shape index (κ1) is 10.0. The zero-order valence-corrected chi connectivity index (χ0v) is 8.77. The monoisotopic (exact) mass is 232 g/mol. The third-order valence-corrected chi connectivity index (χ3v) is 2.54. The largest absolute Gasteiger partial charge is 0.353 e. The van der Waals surface area contributed by atoms with Crippen molar-refractivity contribution >= 4 is 21.8 Å². The van der Waals surface area contributed by atoms with Gasteiger partial charge in [0.1, 0.15) is 0 Å². The van der Waals surface area contributed by atoms with Crippen molar-refractivity contribution in [2.24, 2.45) is 0 Å². The second kappa shape index (κ2) is 5.57. The van der Waals surface area contributed by atoms with Crippen molar-refractivity contribution < 1.29 is 4.79 Å². The number of hydrogen-bond acceptors (Lipinski definition) is 1. The Balaban J connectivity index is 2.15. The van der Waals surface area contributed by atoms with E-state index in [-0.39, 0.29) is 5.91 Å². The molecule has 3 heteroatoms. The molecule has 1 aliphatic rings. The quantitative estimate of drug-likeness (QED) is 0.742. The molecule has 1 saturated carbocycles. The normalized spacial score (nSPS) is 19.1. The summed E-state index contributed by atoms with van der Waals surface area (Å²) in [7, 11) is 0. The average Bonchev–Trinajstić information content (AvgIpc) is 2.06. The molecular formula is C9H15BrNO. The van der Waals surface area contributed by atoms with Gasteiger partial charge in [-0.05, 0) is 12.8 Å². The summed E-state index contributed by atoms with van der Waals surface area (Å²) in [6.45, 7) is 0. The molecule has 0 spiro atoms. The van der Waals surface area contributed by atoms with Crippen LogP contribution in [0.1, 0.15) is 32.1 Å². The van der Waals surface area contributed by atoms with E-state index in [1.165, 1.54) is 19.3 Å². The number of rotatable bonds is 3. The number of amides is 1. The zero-order chi connectivity index (χ0) is 8.81. The molecule has 0 saturated heterocycles. The lowest BCUT2D eigenvalue weighted by Crippen LogP contribution is -2.36. The molecule has 2 nitrogen and oxygen atoms in total. The molecule has 1 amide bonds. The SMILES string of the molecule is O=C([CH]CBr)NC1CCCCC1. The van der Waals surface area contributed by atoms with Gasteiger partial charge in [-0.1, -0.05) is 35.2 Å². The third kappa shape index (κ3) is 3.57. The summed E-state index contributed by atoms with van der Waals surface area (Å²) >= 11 is 3.20. The van der Waals surface area contributed by atoms with Crippen LogP contribution in [0.3, 0.4) is 0 Å².